The van der Waals surface area contributed by atoms with Crippen molar-refractivity contribution in [1.82, 2.24) is 20.1 Å². The van der Waals surface area contributed by atoms with E-state index in [0.717, 1.165) is 40.0 Å². The lowest BCUT2D eigenvalue weighted by molar-refractivity contribution is 0.0955. The first-order valence-electron chi connectivity index (χ1n) is 12.8. The molecule has 3 aromatic carbocycles. The first-order chi connectivity index (χ1) is 17.9. The summed E-state index contributed by atoms with van der Waals surface area (Å²) in [5.74, 6) is 0.382. The number of rotatable bonds is 7. The van der Waals surface area contributed by atoms with E-state index in [4.69, 9.17) is 4.98 Å². The van der Waals surface area contributed by atoms with Gasteiger partial charge in [0.2, 0.25) is 0 Å². The fraction of sp³-hybridized carbons (Fsp3) is 0.219. The predicted octanol–water partition coefficient (Wildman–Crippen LogP) is 6.80. The van der Waals surface area contributed by atoms with Gasteiger partial charge in [-0.25, -0.2) is 9.67 Å². The summed E-state index contributed by atoms with van der Waals surface area (Å²) >= 11 is 0. The minimum absolute atomic E-state index is 0.0960. The zero-order valence-corrected chi connectivity index (χ0v) is 21.8. The Hall–Kier alpha value is -4.25. The van der Waals surface area contributed by atoms with Crippen LogP contribution in [0.3, 0.4) is 0 Å². The Morgan fingerprint density at radius 2 is 1.68 bits per heavy atom. The van der Waals surface area contributed by atoms with Gasteiger partial charge in [0.05, 0.1) is 34.4 Å². The third kappa shape index (κ3) is 5.17. The largest absolute Gasteiger partial charge is 0.352 e. The molecule has 0 saturated carbocycles. The van der Waals surface area contributed by atoms with Gasteiger partial charge in [-0.1, -0.05) is 74.0 Å². The molecular formula is C32H32N4O. The molecule has 5 aromatic rings. The Morgan fingerprint density at radius 1 is 0.946 bits per heavy atom. The molecule has 0 atom stereocenters. The molecule has 5 rings (SSSR count). The topological polar surface area (TPSA) is 59.8 Å². The Kier molecular flexibility index (Phi) is 6.87. The van der Waals surface area contributed by atoms with Crippen molar-refractivity contribution in [3.05, 3.63) is 113 Å². The van der Waals surface area contributed by atoms with Gasteiger partial charge in [0.25, 0.3) is 5.91 Å². The second-order valence-electron chi connectivity index (χ2n) is 9.87. The number of hydrogen-bond acceptors (Lipinski definition) is 3. The van der Waals surface area contributed by atoms with Crippen LogP contribution >= 0.6 is 0 Å². The maximum atomic E-state index is 13.3. The summed E-state index contributed by atoms with van der Waals surface area (Å²) in [6, 6.07) is 26.6. The smallest absolute Gasteiger partial charge is 0.252 e. The van der Waals surface area contributed by atoms with Crippen LogP contribution < -0.4 is 5.32 Å². The number of carbonyl (C=O) groups excluding carboxylic acids is 1. The quantitative estimate of drug-likeness (QED) is 0.274. The number of benzene rings is 3. The molecule has 1 amide bonds. The second kappa shape index (κ2) is 10.4. The molecule has 0 aliphatic rings. The van der Waals surface area contributed by atoms with Gasteiger partial charge in [-0.05, 0) is 61.6 Å². The van der Waals surface area contributed by atoms with Crippen molar-refractivity contribution in [3.63, 3.8) is 0 Å². The molecule has 0 aliphatic carbocycles. The molecule has 0 aliphatic heterocycles. The van der Waals surface area contributed by atoms with Crippen molar-refractivity contribution >= 4 is 16.8 Å². The minimum Gasteiger partial charge on any atom is -0.352 e. The van der Waals surface area contributed by atoms with Gasteiger partial charge < -0.3 is 5.32 Å². The Labute approximate surface area is 218 Å². The molecule has 0 fully saturated rings. The summed E-state index contributed by atoms with van der Waals surface area (Å²) in [5.41, 5.74) is 8.77. The molecule has 0 unspecified atom stereocenters. The summed E-state index contributed by atoms with van der Waals surface area (Å²) in [5, 5.41) is 8.60. The monoisotopic (exact) mass is 488 g/mol. The zero-order valence-electron chi connectivity index (χ0n) is 21.8. The molecule has 2 aromatic heterocycles. The normalized spacial score (nSPS) is 11.3. The van der Waals surface area contributed by atoms with E-state index in [9.17, 15) is 4.79 Å². The van der Waals surface area contributed by atoms with Crippen LogP contribution in [0.15, 0.2) is 85.1 Å². The summed E-state index contributed by atoms with van der Waals surface area (Å²) in [7, 11) is 0. The molecule has 5 heteroatoms. The maximum Gasteiger partial charge on any atom is 0.252 e. The molecule has 0 radical (unpaired) electrons. The Morgan fingerprint density at radius 3 is 2.41 bits per heavy atom. The van der Waals surface area contributed by atoms with Gasteiger partial charge in [0.15, 0.2) is 0 Å². The lowest BCUT2D eigenvalue weighted by atomic mass is 10.0. The van der Waals surface area contributed by atoms with Crippen LogP contribution in [0.25, 0.3) is 27.8 Å². The van der Waals surface area contributed by atoms with E-state index in [2.05, 4.69) is 79.7 Å². The van der Waals surface area contributed by atoms with E-state index < -0.39 is 0 Å². The van der Waals surface area contributed by atoms with E-state index in [0.29, 0.717) is 18.0 Å². The molecule has 0 bridgehead atoms. The molecule has 0 saturated heterocycles. The Balaban J connectivity index is 1.44. The van der Waals surface area contributed by atoms with Crippen LogP contribution in [0, 0.1) is 13.8 Å². The predicted molar refractivity (Wildman–Crippen MR) is 150 cm³/mol. The number of nitrogens with zero attached hydrogens (tertiary/aromatic N) is 3. The van der Waals surface area contributed by atoms with Crippen LogP contribution in [-0.2, 0) is 6.42 Å². The highest BCUT2D eigenvalue weighted by Crippen LogP contribution is 2.28. The zero-order chi connectivity index (χ0) is 25.9. The number of aromatic nitrogens is 3. The second-order valence-corrected chi connectivity index (χ2v) is 9.87. The summed E-state index contributed by atoms with van der Waals surface area (Å²) in [4.78, 5) is 18.2. The highest BCUT2D eigenvalue weighted by Gasteiger charge is 2.17. The van der Waals surface area contributed by atoms with Crippen molar-refractivity contribution in [3.8, 4) is 16.9 Å². The van der Waals surface area contributed by atoms with Crippen LogP contribution in [0.5, 0.6) is 0 Å². The highest BCUT2D eigenvalue weighted by molar-refractivity contribution is 6.07. The molecule has 5 nitrogen and oxygen atoms in total. The Bertz CT molecular complexity index is 1550. The average Bonchev–Trinajstić information content (AvgIpc) is 3.30. The minimum atomic E-state index is -0.0960. The van der Waals surface area contributed by atoms with Crippen molar-refractivity contribution in [2.45, 2.75) is 40.0 Å². The fourth-order valence-corrected chi connectivity index (χ4v) is 4.59. The van der Waals surface area contributed by atoms with Gasteiger partial charge in [-0.3, -0.25) is 4.79 Å². The highest BCUT2D eigenvalue weighted by atomic mass is 16.1. The molecule has 0 spiro atoms. The maximum absolute atomic E-state index is 13.3. The first kappa shape index (κ1) is 24.4. The summed E-state index contributed by atoms with van der Waals surface area (Å²) in [6.45, 7) is 9.06. The van der Waals surface area contributed by atoms with Crippen LogP contribution in [0.4, 0.5) is 0 Å². The van der Waals surface area contributed by atoms with E-state index in [1.54, 1.807) is 0 Å². The van der Waals surface area contributed by atoms with Crippen molar-refractivity contribution < 1.29 is 4.79 Å². The van der Waals surface area contributed by atoms with Gasteiger partial charge in [-0.2, -0.15) is 5.10 Å². The molecule has 1 N–H and O–H groups in total. The summed E-state index contributed by atoms with van der Waals surface area (Å²) < 4.78 is 1.93. The third-order valence-corrected chi connectivity index (χ3v) is 6.87. The summed E-state index contributed by atoms with van der Waals surface area (Å²) in [6.07, 6.45) is 2.62. The van der Waals surface area contributed by atoms with Crippen molar-refractivity contribution in [1.29, 1.82) is 0 Å². The number of carbonyl (C=O) groups is 1. The fourth-order valence-electron chi connectivity index (χ4n) is 4.59. The number of fused-ring (bicyclic) bond motifs is 1. The third-order valence-electron chi connectivity index (χ3n) is 6.87. The van der Waals surface area contributed by atoms with Crippen LogP contribution in [-0.4, -0.2) is 27.2 Å². The van der Waals surface area contributed by atoms with Crippen molar-refractivity contribution in [2.75, 3.05) is 6.54 Å². The molecular weight excluding hydrogens is 456 g/mol. The van der Waals surface area contributed by atoms with Gasteiger partial charge in [-0.15, -0.1) is 0 Å². The lowest BCUT2D eigenvalue weighted by Crippen LogP contribution is -2.26. The van der Waals surface area contributed by atoms with E-state index >= 15 is 0 Å². The number of pyridine rings is 1. The average molecular weight is 489 g/mol. The SMILES string of the molecule is Cc1ccc(CCNC(=O)c2cc(-c3cnn(-c4ccc(C(C)C)cc4)c3C)nc3ccccc23)cc1. The molecule has 37 heavy (non-hydrogen) atoms. The number of aryl methyl sites for hydroxylation is 1. The molecule has 2 heterocycles. The van der Waals surface area contributed by atoms with Crippen LogP contribution in [0.2, 0.25) is 0 Å². The number of hydrogen-bond donors (Lipinski definition) is 1. The van der Waals surface area contributed by atoms with Gasteiger partial charge in [0.1, 0.15) is 0 Å². The van der Waals surface area contributed by atoms with E-state index in [1.807, 2.05) is 48.1 Å². The van der Waals surface area contributed by atoms with Crippen LogP contribution in [0.1, 0.15) is 52.5 Å². The lowest BCUT2D eigenvalue weighted by Gasteiger charge is -2.11. The van der Waals surface area contributed by atoms with Gasteiger partial charge >= 0.3 is 0 Å². The number of nitrogens with one attached hydrogen (secondary N) is 1. The van der Waals surface area contributed by atoms with E-state index in [1.165, 1.54) is 16.7 Å². The number of amides is 1. The first-order valence-corrected chi connectivity index (χ1v) is 12.8. The van der Waals surface area contributed by atoms with Crippen molar-refractivity contribution in [2.24, 2.45) is 0 Å². The van der Waals surface area contributed by atoms with E-state index in [-0.39, 0.29) is 5.91 Å². The molecule has 186 valence electrons. The number of para-hydroxylation sites is 1. The standard InChI is InChI=1S/C32H32N4O/c1-21(2)25-13-15-26(16-14-25)36-23(4)29(20-34-36)31-19-28(27-7-5-6-8-30(27)35-31)32(37)33-18-17-24-11-9-22(3)10-12-24/h5-16,19-21H,17-18H2,1-4H3,(H,33,37). The van der Waals surface area contributed by atoms with Gasteiger partial charge in [0, 0.05) is 17.5 Å².